The third kappa shape index (κ3) is 3.69. The predicted octanol–water partition coefficient (Wildman–Crippen LogP) is 2.87. The van der Waals surface area contributed by atoms with E-state index in [4.69, 9.17) is 9.15 Å². The minimum absolute atomic E-state index is 0.0443. The van der Waals surface area contributed by atoms with Crippen LogP contribution >= 0.6 is 0 Å². The summed E-state index contributed by atoms with van der Waals surface area (Å²) in [7, 11) is 0. The maximum atomic E-state index is 13.2. The van der Waals surface area contributed by atoms with Gasteiger partial charge in [-0.1, -0.05) is 6.07 Å². The molecular weight excluding hydrogens is 315 g/mol. The van der Waals surface area contributed by atoms with E-state index in [1.54, 1.807) is 25.1 Å². The zero-order chi connectivity index (χ0) is 17.1. The van der Waals surface area contributed by atoms with Crippen molar-refractivity contribution in [3.8, 4) is 11.8 Å². The Hall–Kier alpha value is -2.93. The van der Waals surface area contributed by atoms with E-state index >= 15 is 0 Å². The molecule has 0 spiro atoms. The van der Waals surface area contributed by atoms with Crippen LogP contribution in [0.2, 0.25) is 0 Å². The predicted molar refractivity (Wildman–Crippen MR) is 84.5 cm³/mol. The van der Waals surface area contributed by atoms with Gasteiger partial charge in [-0.15, -0.1) is 0 Å². The van der Waals surface area contributed by atoms with E-state index in [0.717, 1.165) is 0 Å². The van der Waals surface area contributed by atoms with Crippen LogP contribution in [-0.2, 0) is 0 Å². The number of amides is 1. The molecule has 24 heavy (non-hydrogen) atoms. The number of carbonyl (C=O) groups is 1. The lowest BCUT2D eigenvalue weighted by atomic mass is 10.2. The van der Waals surface area contributed by atoms with Crippen LogP contribution in [0.15, 0.2) is 46.9 Å². The van der Waals surface area contributed by atoms with Gasteiger partial charge in [0.25, 0.3) is 5.91 Å². The number of nitrogens with one attached hydrogen (secondary N) is 1. The minimum Gasteiger partial charge on any atom is -0.411 e. The Morgan fingerprint density at radius 3 is 3.00 bits per heavy atom. The van der Waals surface area contributed by atoms with E-state index in [0.29, 0.717) is 22.4 Å². The van der Waals surface area contributed by atoms with Crippen LogP contribution in [-0.4, -0.2) is 28.6 Å². The van der Waals surface area contributed by atoms with Crippen molar-refractivity contribution < 1.29 is 23.4 Å². The third-order valence-electron chi connectivity index (χ3n) is 3.19. The Morgan fingerprint density at radius 1 is 1.38 bits per heavy atom. The van der Waals surface area contributed by atoms with Gasteiger partial charge in [0.15, 0.2) is 5.58 Å². The van der Waals surface area contributed by atoms with Gasteiger partial charge in [-0.2, -0.15) is 4.98 Å². The van der Waals surface area contributed by atoms with Crippen molar-refractivity contribution in [1.82, 2.24) is 10.3 Å². The molecule has 0 aliphatic rings. The highest BCUT2D eigenvalue weighted by molar-refractivity contribution is 5.94. The van der Waals surface area contributed by atoms with Gasteiger partial charge < -0.3 is 19.6 Å². The highest BCUT2D eigenvalue weighted by Gasteiger charge is 2.11. The first-order valence-corrected chi connectivity index (χ1v) is 7.31. The number of oxazole rings is 1. The van der Waals surface area contributed by atoms with Crippen LogP contribution in [0.3, 0.4) is 0 Å². The summed E-state index contributed by atoms with van der Waals surface area (Å²) in [6.07, 6.45) is -0.675. The molecule has 0 aliphatic carbocycles. The summed E-state index contributed by atoms with van der Waals surface area (Å²) in [5.41, 5.74) is 1.11. The number of hydrogen-bond acceptors (Lipinski definition) is 5. The van der Waals surface area contributed by atoms with E-state index in [9.17, 15) is 14.3 Å². The summed E-state index contributed by atoms with van der Waals surface area (Å²) < 4.78 is 24.0. The first-order valence-electron chi connectivity index (χ1n) is 7.31. The molecule has 0 saturated heterocycles. The van der Waals surface area contributed by atoms with E-state index in [-0.39, 0.29) is 18.5 Å². The number of aromatic nitrogens is 1. The number of aliphatic hydroxyl groups excluding tert-OH is 1. The molecule has 2 N–H and O–H groups in total. The standard InChI is InChI=1S/C17H15FN2O4/c1-10(21)9-19-16(22)11-3-2-4-13(7-11)23-17-20-14-8-12(18)5-6-15(14)24-17/h2-8,10,21H,9H2,1H3,(H,19,22)/t10-/m0/s1. The van der Waals surface area contributed by atoms with Crippen molar-refractivity contribution >= 4 is 17.0 Å². The second-order valence-electron chi connectivity index (χ2n) is 5.28. The van der Waals surface area contributed by atoms with Gasteiger partial charge in [0.05, 0.1) is 6.10 Å². The lowest BCUT2D eigenvalue weighted by Gasteiger charge is -2.08. The maximum Gasteiger partial charge on any atom is 0.400 e. The topological polar surface area (TPSA) is 84.6 Å². The molecule has 0 unspecified atom stereocenters. The molecule has 0 bridgehead atoms. The van der Waals surface area contributed by atoms with Crippen LogP contribution in [0.5, 0.6) is 11.8 Å². The van der Waals surface area contributed by atoms with Crippen molar-refractivity contribution in [1.29, 1.82) is 0 Å². The SMILES string of the molecule is C[C@H](O)CNC(=O)c1cccc(Oc2nc3cc(F)ccc3o2)c1. The van der Waals surface area contributed by atoms with E-state index in [1.807, 2.05) is 0 Å². The zero-order valence-corrected chi connectivity index (χ0v) is 12.8. The summed E-state index contributed by atoms with van der Waals surface area (Å²) in [6, 6.07) is 10.4. The largest absolute Gasteiger partial charge is 0.411 e. The fourth-order valence-electron chi connectivity index (χ4n) is 2.07. The van der Waals surface area contributed by atoms with Crippen molar-refractivity contribution in [2.45, 2.75) is 13.0 Å². The van der Waals surface area contributed by atoms with Gasteiger partial charge in [0.1, 0.15) is 17.1 Å². The summed E-state index contributed by atoms with van der Waals surface area (Å²) in [4.78, 5) is 16.0. The Labute approximate surface area is 136 Å². The van der Waals surface area contributed by atoms with Crippen LogP contribution in [0.4, 0.5) is 4.39 Å². The van der Waals surface area contributed by atoms with Gasteiger partial charge in [-0.3, -0.25) is 4.79 Å². The maximum absolute atomic E-state index is 13.2. The zero-order valence-electron chi connectivity index (χ0n) is 12.8. The molecule has 0 saturated carbocycles. The summed E-state index contributed by atoms with van der Waals surface area (Å²) in [5, 5.41) is 11.8. The molecule has 0 radical (unpaired) electrons. The molecule has 0 fully saturated rings. The number of benzene rings is 2. The third-order valence-corrected chi connectivity index (χ3v) is 3.19. The second kappa shape index (κ2) is 6.67. The lowest BCUT2D eigenvalue weighted by molar-refractivity contribution is 0.0923. The van der Waals surface area contributed by atoms with Crippen LogP contribution in [0.1, 0.15) is 17.3 Å². The van der Waals surface area contributed by atoms with E-state index < -0.39 is 11.9 Å². The molecule has 0 aliphatic heterocycles. The van der Waals surface area contributed by atoms with Crippen LogP contribution in [0.25, 0.3) is 11.1 Å². The number of hydrogen-bond donors (Lipinski definition) is 2. The number of aliphatic hydroxyl groups is 1. The smallest absolute Gasteiger partial charge is 0.400 e. The minimum atomic E-state index is -0.631. The Bertz CT molecular complexity index is 876. The number of ether oxygens (including phenoxy) is 1. The van der Waals surface area contributed by atoms with Gasteiger partial charge in [-0.25, -0.2) is 4.39 Å². The fraction of sp³-hybridized carbons (Fsp3) is 0.176. The fourth-order valence-corrected chi connectivity index (χ4v) is 2.07. The van der Waals surface area contributed by atoms with Crippen LogP contribution in [0, 0.1) is 5.82 Å². The van der Waals surface area contributed by atoms with Crippen molar-refractivity contribution in [2.75, 3.05) is 6.54 Å². The first kappa shape index (κ1) is 15.9. The average Bonchev–Trinajstić information content (AvgIpc) is 2.94. The lowest BCUT2D eigenvalue weighted by Crippen LogP contribution is -2.30. The Kier molecular flexibility index (Phi) is 4.43. The number of fused-ring (bicyclic) bond motifs is 1. The number of rotatable bonds is 5. The molecule has 1 atom stereocenters. The molecule has 3 aromatic rings. The van der Waals surface area contributed by atoms with Gasteiger partial charge >= 0.3 is 6.08 Å². The van der Waals surface area contributed by atoms with Crippen LogP contribution < -0.4 is 10.1 Å². The van der Waals surface area contributed by atoms with E-state index in [2.05, 4.69) is 10.3 Å². The normalized spacial score (nSPS) is 12.1. The highest BCUT2D eigenvalue weighted by Crippen LogP contribution is 2.26. The van der Waals surface area contributed by atoms with Gasteiger partial charge in [0, 0.05) is 18.2 Å². The molecule has 1 heterocycles. The number of nitrogens with zero attached hydrogens (tertiary/aromatic N) is 1. The molecule has 2 aromatic carbocycles. The first-order chi connectivity index (χ1) is 11.5. The summed E-state index contributed by atoms with van der Waals surface area (Å²) in [6.45, 7) is 1.73. The molecule has 6 nitrogen and oxygen atoms in total. The number of halogens is 1. The molecule has 7 heteroatoms. The average molecular weight is 330 g/mol. The molecule has 3 rings (SSSR count). The molecule has 1 aromatic heterocycles. The summed E-state index contributed by atoms with van der Waals surface area (Å²) >= 11 is 0. The Morgan fingerprint density at radius 2 is 2.21 bits per heavy atom. The van der Waals surface area contributed by atoms with Crippen molar-refractivity contribution in [3.63, 3.8) is 0 Å². The quantitative estimate of drug-likeness (QED) is 0.751. The molecular formula is C17H15FN2O4. The Balaban J connectivity index is 1.77. The van der Waals surface area contributed by atoms with Gasteiger partial charge in [-0.05, 0) is 37.3 Å². The van der Waals surface area contributed by atoms with Gasteiger partial charge in [0.2, 0.25) is 0 Å². The van der Waals surface area contributed by atoms with Crippen molar-refractivity contribution in [2.24, 2.45) is 0 Å². The molecule has 1 amide bonds. The second-order valence-corrected chi connectivity index (χ2v) is 5.28. The number of carbonyl (C=O) groups excluding carboxylic acids is 1. The van der Waals surface area contributed by atoms with E-state index in [1.165, 1.54) is 24.3 Å². The summed E-state index contributed by atoms with van der Waals surface area (Å²) in [5.74, 6) is -0.396. The highest BCUT2D eigenvalue weighted by atomic mass is 19.1. The van der Waals surface area contributed by atoms with Crippen molar-refractivity contribution in [3.05, 3.63) is 53.8 Å². The molecule has 124 valence electrons. The monoisotopic (exact) mass is 330 g/mol.